The molecule has 0 unspecified atom stereocenters. The van der Waals surface area contributed by atoms with Crippen LogP contribution in [0, 0.1) is 10.1 Å². The van der Waals surface area contributed by atoms with E-state index in [0.717, 1.165) is 0 Å². The normalized spacial score (nSPS) is 10.4. The van der Waals surface area contributed by atoms with Crippen LogP contribution in [0.2, 0.25) is 0 Å². The van der Waals surface area contributed by atoms with E-state index in [0.29, 0.717) is 16.9 Å². The Bertz CT molecular complexity index is 832. The molecule has 0 aliphatic rings. The van der Waals surface area contributed by atoms with Gasteiger partial charge in [0.1, 0.15) is 5.75 Å². The predicted molar refractivity (Wildman–Crippen MR) is 98.8 cm³/mol. The van der Waals surface area contributed by atoms with Crippen LogP contribution in [0.15, 0.2) is 53.6 Å². The molecule has 140 valence electrons. The Morgan fingerprint density at radius 1 is 1.15 bits per heavy atom. The Labute approximate surface area is 155 Å². The third-order valence-electron chi connectivity index (χ3n) is 3.50. The van der Waals surface area contributed by atoms with E-state index in [-0.39, 0.29) is 30.5 Å². The van der Waals surface area contributed by atoms with Crippen LogP contribution in [0.1, 0.15) is 22.3 Å². The molecule has 0 aliphatic carbocycles. The molecule has 0 heterocycles. The average Bonchev–Trinajstić information content (AvgIpc) is 2.68. The van der Waals surface area contributed by atoms with Gasteiger partial charge in [-0.15, -0.1) is 0 Å². The molecule has 27 heavy (non-hydrogen) atoms. The zero-order valence-corrected chi connectivity index (χ0v) is 14.5. The van der Waals surface area contributed by atoms with E-state index in [1.807, 2.05) is 0 Å². The van der Waals surface area contributed by atoms with Gasteiger partial charge in [-0.3, -0.25) is 19.7 Å². The van der Waals surface area contributed by atoms with Crippen molar-refractivity contribution in [2.24, 2.45) is 5.10 Å². The zero-order chi connectivity index (χ0) is 19.6. The molecule has 0 radical (unpaired) electrons. The lowest BCUT2D eigenvalue weighted by Gasteiger charge is -2.05. The first kappa shape index (κ1) is 19.6. The number of methoxy groups -OCH3 is 1. The van der Waals surface area contributed by atoms with Gasteiger partial charge in [0.25, 0.3) is 11.6 Å². The molecule has 0 spiro atoms. The van der Waals surface area contributed by atoms with E-state index in [1.54, 1.807) is 24.3 Å². The van der Waals surface area contributed by atoms with E-state index >= 15 is 0 Å². The fourth-order valence-corrected chi connectivity index (χ4v) is 2.05. The fourth-order valence-electron chi connectivity index (χ4n) is 2.05. The number of rotatable bonds is 8. The summed E-state index contributed by atoms with van der Waals surface area (Å²) in [7, 11) is 1.54. The minimum Gasteiger partial charge on any atom is -0.497 e. The van der Waals surface area contributed by atoms with Crippen molar-refractivity contribution in [2.45, 2.75) is 6.42 Å². The second-order valence-electron chi connectivity index (χ2n) is 5.38. The number of hydrazone groups is 1. The quantitative estimate of drug-likeness (QED) is 0.417. The number of carbonyl (C=O) groups excluding carboxylic acids is 2. The van der Waals surface area contributed by atoms with E-state index in [1.165, 1.54) is 37.6 Å². The van der Waals surface area contributed by atoms with Crippen molar-refractivity contribution in [3.05, 3.63) is 69.8 Å². The molecule has 9 nitrogen and oxygen atoms in total. The first-order valence-corrected chi connectivity index (χ1v) is 7.98. The second-order valence-corrected chi connectivity index (χ2v) is 5.38. The van der Waals surface area contributed by atoms with Crippen LogP contribution >= 0.6 is 0 Å². The van der Waals surface area contributed by atoms with E-state index in [2.05, 4.69) is 15.8 Å². The molecule has 0 atom stereocenters. The number of amides is 2. The average molecular weight is 370 g/mol. The summed E-state index contributed by atoms with van der Waals surface area (Å²) >= 11 is 0. The summed E-state index contributed by atoms with van der Waals surface area (Å²) in [6.07, 6.45) is 1.43. The van der Waals surface area contributed by atoms with Gasteiger partial charge < -0.3 is 10.1 Å². The molecule has 0 aliphatic heterocycles. The second kappa shape index (κ2) is 9.66. The molecule has 0 saturated carbocycles. The van der Waals surface area contributed by atoms with Gasteiger partial charge in [-0.05, 0) is 42.0 Å². The number of hydrogen-bond acceptors (Lipinski definition) is 6. The summed E-state index contributed by atoms with van der Waals surface area (Å²) in [5.74, 6) is -0.0140. The summed E-state index contributed by atoms with van der Waals surface area (Å²) in [5, 5.41) is 17.0. The number of nitro groups is 1. The van der Waals surface area contributed by atoms with Crippen molar-refractivity contribution < 1.29 is 19.2 Å². The largest absolute Gasteiger partial charge is 0.497 e. The highest BCUT2D eigenvalue weighted by molar-refractivity contribution is 5.94. The third kappa shape index (κ3) is 6.24. The third-order valence-corrected chi connectivity index (χ3v) is 3.50. The highest BCUT2D eigenvalue weighted by Gasteiger charge is 2.07. The molecule has 2 aromatic rings. The van der Waals surface area contributed by atoms with Gasteiger partial charge in [0.15, 0.2) is 0 Å². The molecule has 9 heteroatoms. The molecule has 2 aromatic carbocycles. The lowest BCUT2D eigenvalue weighted by molar-refractivity contribution is -0.384. The van der Waals surface area contributed by atoms with Crippen LogP contribution in [0.25, 0.3) is 0 Å². The number of nitro benzene ring substituents is 1. The minimum absolute atomic E-state index is 0.0243. The van der Waals surface area contributed by atoms with Gasteiger partial charge in [0.05, 0.1) is 18.2 Å². The van der Waals surface area contributed by atoms with Crippen molar-refractivity contribution in [1.29, 1.82) is 0 Å². The highest BCUT2D eigenvalue weighted by Crippen LogP contribution is 2.11. The van der Waals surface area contributed by atoms with Crippen molar-refractivity contribution in [3.63, 3.8) is 0 Å². The Hall–Kier alpha value is -3.75. The zero-order valence-electron chi connectivity index (χ0n) is 14.5. The maximum absolute atomic E-state index is 11.9. The lowest BCUT2D eigenvalue weighted by atomic mass is 10.2. The van der Waals surface area contributed by atoms with E-state index < -0.39 is 4.92 Å². The van der Waals surface area contributed by atoms with Crippen LogP contribution in [-0.4, -0.2) is 36.6 Å². The topological polar surface area (TPSA) is 123 Å². The molecule has 0 bridgehead atoms. The lowest BCUT2D eigenvalue weighted by Crippen LogP contribution is -2.29. The van der Waals surface area contributed by atoms with Crippen molar-refractivity contribution in [1.82, 2.24) is 10.7 Å². The van der Waals surface area contributed by atoms with Crippen molar-refractivity contribution in [2.75, 3.05) is 13.7 Å². The van der Waals surface area contributed by atoms with Gasteiger partial charge in [-0.1, -0.05) is 0 Å². The molecular formula is C18H18N4O5. The SMILES string of the molecule is COc1ccc(C(=O)NCCC(=O)NN=Cc2ccc([N+](=O)[O-])cc2)cc1. The Balaban J connectivity index is 1.72. The van der Waals surface area contributed by atoms with Crippen LogP contribution in [0.3, 0.4) is 0 Å². The van der Waals surface area contributed by atoms with Crippen LogP contribution in [-0.2, 0) is 4.79 Å². The van der Waals surface area contributed by atoms with Gasteiger partial charge in [0.2, 0.25) is 5.91 Å². The molecule has 2 N–H and O–H groups in total. The Morgan fingerprint density at radius 3 is 2.41 bits per heavy atom. The van der Waals surface area contributed by atoms with E-state index in [9.17, 15) is 19.7 Å². The number of ether oxygens (including phenoxy) is 1. The van der Waals surface area contributed by atoms with Gasteiger partial charge in [-0.25, -0.2) is 5.43 Å². The smallest absolute Gasteiger partial charge is 0.269 e. The number of hydrogen-bond donors (Lipinski definition) is 2. The number of non-ortho nitro benzene ring substituents is 1. The molecule has 2 amide bonds. The number of nitrogens with one attached hydrogen (secondary N) is 2. The standard InChI is InChI=1S/C18H18N4O5/c1-27-16-8-4-14(5-9-16)18(24)19-11-10-17(23)21-20-12-13-2-6-15(7-3-13)22(25)26/h2-9,12H,10-11H2,1H3,(H,19,24)(H,21,23). The monoisotopic (exact) mass is 370 g/mol. The number of benzene rings is 2. The van der Waals surface area contributed by atoms with Gasteiger partial charge >= 0.3 is 0 Å². The summed E-state index contributed by atoms with van der Waals surface area (Å²) in [4.78, 5) is 33.7. The first-order chi connectivity index (χ1) is 13.0. The Morgan fingerprint density at radius 2 is 1.81 bits per heavy atom. The summed E-state index contributed by atoms with van der Waals surface area (Å²) in [6, 6.07) is 12.3. The van der Waals surface area contributed by atoms with Crippen LogP contribution in [0.4, 0.5) is 5.69 Å². The van der Waals surface area contributed by atoms with Crippen molar-refractivity contribution in [3.8, 4) is 5.75 Å². The van der Waals surface area contributed by atoms with E-state index in [4.69, 9.17) is 4.74 Å². The summed E-state index contributed by atoms with van der Waals surface area (Å²) in [5.41, 5.74) is 3.37. The molecule has 0 aromatic heterocycles. The summed E-state index contributed by atoms with van der Waals surface area (Å²) in [6.45, 7) is 0.156. The van der Waals surface area contributed by atoms with Crippen molar-refractivity contribution >= 4 is 23.7 Å². The number of nitrogens with zero attached hydrogens (tertiary/aromatic N) is 2. The van der Waals surface area contributed by atoms with Gasteiger partial charge in [0, 0.05) is 30.7 Å². The summed E-state index contributed by atoms with van der Waals surface area (Å²) < 4.78 is 5.02. The predicted octanol–water partition coefficient (Wildman–Crippen LogP) is 1.87. The van der Waals surface area contributed by atoms with Crippen LogP contribution < -0.4 is 15.5 Å². The Kier molecular flexibility index (Phi) is 7.00. The molecular weight excluding hydrogens is 352 g/mol. The molecule has 2 rings (SSSR count). The minimum atomic E-state index is -0.497. The highest BCUT2D eigenvalue weighted by atomic mass is 16.6. The molecule has 0 saturated heterocycles. The first-order valence-electron chi connectivity index (χ1n) is 7.98. The number of carbonyl (C=O) groups is 2. The maximum atomic E-state index is 11.9. The maximum Gasteiger partial charge on any atom is 0.269 e. The van der Waals surface area contributed by atoms with Gasteiger partial charge in [-0.2, -0.15) is 5.10 Å². The molecule has 0 fully saturated rings. The van der Waals surface area contributed by atoms with Crippen LogP contribution in [0.5, 0.6) is 5.75 Å². The fraction of sp³-hybridized carbons (Fsp3) is 0.167.